The van der Waals surface area contributed by atoms with Crippen molar-refractivity contribution in [1.29, 1.82) is 0 Å². The Hall–Kier alpha value is -3.49. The number of piperidine rings is 1. The van der Waals surface area contributed by atoms with Gasteiger partial charge in [-0.2, -0.15) is 0 Å². The maximum atomic E-state index is 13.6. The molecule has 1 saturated heterocycles. The zero-order valence-electron chi connectivity index (χ0n) is 19.4. The van der Waals surface area contributed by atoms with Crippen LogP contribution >= 0.6 is 0 Å². The Balaban J connectivity index is 1.34. The number of carbonyl (C=O) groups excluding carboxylic acids is 2. The highest BCUT2D eigenvalue weighted by Gasteiger charge is 2.39. The number of carboxylic acids is 1. The minimum absolute atomic E-state index is 0.0241. The van der Waals surface area contributed by atoms with Crippen molar-refractivity contribution in [3.63, 3.8) is 0 Å². The third-order valence-corrected chi connectivity index (χ3v) is 7.08. The van der Waals surface area contributed by atoms with E-state index in [1.54, 1.807) is 6.92 Å². The Morgan fingerprint density at radius 3 is 2.11 bits per heavy atom. The van der Waals surface area contributed by atoms with Gasteiger partial charge in [0.2, 0.25) is 5.91 Å². The summed E-state index contributed by atoms with van der Waals surface area (Å²) in [7, 11) is 0. The summed E-state index contributed by atoms with van der Waals surface area (Å²) in [4.78, 5) is 37.7. The quantitative estimate of drug-likeness (QED) is 0.610. The van der Waals surface area contributed by atoms with Gasteiger partial charge in [-0.05, 0) is 42.0 Å². The van der Waals surface area contributed by atoms with Gasteiger partial charge in [0.05, 0.1) is 11.8 Å². The van der Waals surface area contributed by atoms with Crippen molar-refractivity contribution in [2.24, 2.45) is 5.41 Å². The smallest absolute Gasteiger partial charge is 0.407 e. The summed E-state index contributed by atoms with van der Waals surface area (Å²) in [5.41, 5.74) is 3.17. The summed E-state index contributed by atoms with van der Waals surface area (Å²) in [6, 6.07) is 13.8. The van der Waals surface area contributed by atoms with Gasteiger partial charge in [-0.3, -0.25) is 9.59 Å². The van der Waals surface area contributed by atoms with E-state index in [1.807, 2.05) is 48.5 Å². The Morgan fingerprint density at radius 1 is 1.06 bits per heavy atom. The highest BCUT2D eigenvalue weighted by molar-refractivity contribution is 5.80. The van der Waals surface area contributed by atoms with Crippen LogP contribution in [0.25, 0.3) is 11.1 Å². The number of halogens is 2. The second-order valence-corrected chi connectivity index (χ2v) is 9.36. The predicted molar refractivity (Wildman–Crippen MR) is 124 cm³/mol. The number of hydrogen-bond donors (Lipinski definition) is 2. The summed E-state index contributed by atoms with van der Waals surface area (Å²) in [6.07, 6.45) is -4.08. The average molecular weight is 487 g/mol. The first-order chi connectivity index (χ1) is 16.7. The number of alkyl halides is 2. The average Bonchev–Trinajstić information content (AvgIpc) is 3.16. The Morgan fingerprint density at radius 2 is 1.60 bits per heavy atom. The van der Waals surface area contributed by atoms with E-state index in [-0.39, 0.29) is 38.5 Å². The summed E-state index contributed by atoms with van der Waals surface area (Å²) < 4.78 is 32.6. The van der Waals surface area contributed by atoms with Crippen molar-refractivity contribution < 1.29 is 33.0 Å². The molecule has 35 heavy (non-hydrogen) atoms. The van der Waals surface area contributed by atoms with Crippen LogP contribution in [-0.4, -0.2) is 60.1 Å². The van der Waals surface area contributed by atoms with Crippen LogP contribution in [0.4, 0.5) is 13.6 Å². The minimum atomic E-state index is -2.96. The van der Waals surface area contributed by atoms with Crippen molar-refractivity contribution in [2.45, 2.75) is 44.6 Å². The van der Waals surface area contributed by atoms with Gasteiger partial charge >= 0.3 is 12.1 Å². The molecule has 1 aliphatic heterocycles. The van der Waals surface area contributed by atoms with Crippen molar-refractivity contribution in [2.75, 3.05) is 19.7 Å². The molecule has 1 heterocycles. The van der Waals surface area contributed by atoms with E-state index in [4.69, 9.17) is 4.74 Å². The highest BCUT2D eigenvalue weighted by atomic mass is 19.3. The molecular formula is C26H28F2N2O5. The third kappa shape index (κ3) is 5.13. The normalized spacial score (nSPS) is 17.4. The number of amides is 2. The van der Waals surface area contributed by atoms with Crippen LogP contribution < -0.4 is 5.32 Å². The van der Waals surface area contributed by atoms with Gasteiger partial charge in [0.25, 0.3) is 6.43 Å². The number of nitrogens with one attached hydrogen (secondary N) is 1. The summed E-state index contributed by atoms with van der Waals surface area (Å²) in [5, 5.41) is 11.5. The van der Waals surface area contributed by atoms with Gasteiger partial charge in [0.15, 0.2) is 0 Å². The summed E-state index contributed by atoms with van der Waals surface area (Å²) in [5.74, 6) is -1.70. The van der Waals surface area contributed by atoms with E-state index in [2.05, 4.69) is 5.32 Å². The molecule has 2 aliphatic rings. The second kappa shape index (κ2) is 10.0. The molecule has 9 heteroatoms. The fourth-order valence-corrected chi connectivity index (χ4v) is 4.78. The van der Waals surface area contributed by atoms with E-state index < -0.39 is 42.3 Å². The zero-order chi connectivity index (χ0) is 25.2. The van der Waals surface area contributed by atoms with E-state index in [0.717, 1.165) is 22.3 Å². The zero-order valence-corrected chi connectivity index (χ0v) is 19.4. The van der Waals surface area contributed by atoms with Crippen molar-refractivity contribution >= 4 is 18.0 Å². The molecule has 1 aliphatic carbocycles. The Kier molecular flexibility index (Phi) is 7.05. The summed E-state index contributed by atoms with van der Waals surface area (Å²) >= 11 is 0. The Labute approximate surface area is 202 Å². The number of fused-ring (bicyclic) bond motifs is 3. The van der Waals surface area contributed by atoms with Crippen molar-refractivity contribution in [3.05, 3.63) is 59.7 Å². The standard InChI is InChI=1S/C26H28F2N2O5/c1-26(24(32)33)10-12-30(13-11-26)22(31)14-21(23(27)28)29-25(34)35-15-20-18-8-4-2-6-16(18)17-7-3-5-9-19(17)20/h2-9,20-21,23H,10-15H2,1H3,(H,29,34)(H,32,33). The third-order valence-electron chi connectivity index (χ3n) is 7.08. The number of carbonyl (C=O) groups is 3. The molecule has 2 amide bonds. The van der Waals surface area contributed by atoms with Gasteiger partial charge in [-0.15, -0.1) is 0 Å². The monoisotopic (exact) mass is 486 g/mol. The topological polar surface area (TPSA) is 95.9 Å². The van der Waals surface area contributed by atoms with Gasteiger partial charge in [0.1, 0.15) is 12.6 Å². The number of hydrogen-bond acceptors (Lipinski definition) is 4. The van der Waals surface area contributed by atoms with Crippen molar-refractivity contribution in [1.82, 2.24) is 10.2 Å². The molecule has 186 valence electrons. The molecule has 0 bridgehead atoms. The largest absolute Gasteiger partial charge is 0.481 e. The molecular weight excluding hydrogens is 458 g/mol. The van der Waals surface area contributed by atoms with Crippen LogP contribution in [0.2, 0.25) is 0 Å². The van der Waals surface area contributed by atoms with Gasteiger partial charge in [0, 0.05) is 19.0 Å². The van der Waals surface area contributed by atoms with Crippen LogP contribution in [-0.2, 0) is 14.3 Å². The molecule has 1 unspecified atom stereocenters. The van der Waals surface area contributed by atoms with Crippen molar-refractivity contribution in [3.8, 4) is 11.1 Å². The van der Waals surface area contributed by atoms with Crippen LogP contribution in [0, 0.1) is 5.41 Å². The fraction of sp³-hybridized carbons (Fsp3) is 0.423. The lowest BCUT2D eigenvalue weighted by Gasteiger charge is -2.37. The van der Waals surface area contributed by atoms with Crippen LogP contribution in [0.5, 0.6) is 0 Å². The van der Waals surface area contributed by atoms with Gasteiger partial charge in [-0.1, -0.05) is 48.5 Å². The number of benzene rings is 2. The van der Waals surface area contributed by atoms with Crippen LogP contribution in [0.1, 0.15) is 43.2 Å². The second-order valence-electron chi connectivity index (χ2n) is 9.36. The van der Waals surface area contributed by atoms with E-state index in [0.29, 0.717) is 0 Å². The fourth-order valence-electron chi connectivity index (χ4n) is 4.78. The first-order valence-electron chi connectivity index (χ1n) is 11.6. The molecule has 1 atom stereocenters. The molecule has 0 aromatic heterocycles. The number of nitrogens with zero attached hydrogens (tertiary/aromatic N) is 1. The summed E-state index contributed by atoms with van der Waals surface area (Å²) in [6.45, 7) is 1.92. The number of alkyl carbamates (subject to hydrolysis) is 1. The van der Waals surface area contributed by atoms with E-state index >= 15 is 0 Å². The molecule has 2 aromatic rings. The van der Waals surface area contributed by atoms with Crippen LogP contribution in [0.15, 0.2) is 48.5 Å². The van der Waals surface area contributed by atoms with Gasteiger partial charge in [-0.25, -0.2) is 13.6 Å². The first kappa shape index (κ1) is 24.6. The lowest BCUT2D eigenvalue weighted by Crippen LogP contribution is -2.48. The van der Waals surface area contributed by atoms with E-state index in [9.17, 15) is 28.3 Å². The molecule has 4 rings (SSSR count). The molecule has 2 N–H and O–H groups in total. The molecule has 0 radical (unpaired) electrons. The molecule has 2 aromatic carbocycles. The first-order valence-corrected chi connectivity index (χ1v) is 11.6. The maximum Gasteiger partial charge on any atom is 0.407 e. The molecule has 1 fully saturated rings. The SMILES string of the molecule is CC1(C(=O)O)CCN(C(=O)CC(NC(=O)OCC2c3ccccc3-c3ccccc32)C(F)F)CC1. The number of ether oxygens (including phenoxy) is 1. The van der Waals surface area contributed by atoms with Crippen LogP contribution in [0.3, 0.4) is 0 Å². The van der Waals surface area contributed by atoms with Gasteiger partial charge < -0.3 is 20.1 Å². The minimum Gasteiger partial charge on any atom is -0.481 e. The maximum absolute atomic E-state index is 13.6. The number of rotatable bonds is 7. The number of aliphatic carboxylic acids is 1. The Bertz CT molecular complexity index is 1070. The molecule has 7 nitrogen and oxygen atoms in total. The highest BCUT2D eigenvalue weighted by Crippen LogP contribution is 2.44. The van der Waals surface area contributed by atoms with E-state index in [1.165, 1.54) is 4.90 Å². The number of carboxylic acid groups (broad SMARTS) is 1. The number of likely N-dealkylation sites (tertiary alicyclic amines) is 1. The molecule has 0 saturated carbocycles. The predicted octanol–water partition coefficient (Wildman–Crippen LogP) is 4.26. The molecule has 0 spiro atoms. The lowest BCUT2D eigenvalue weighted by atomic mass is 9.80. The lowest BCUT2D eigenvalue weighted by molar-refractivity contribution is -0.153.